The molecule has 1 atom stereocenters. The lowest BCUT2D eigenvalue weighted by Gasteiger charge is -2.40. The number of hydrogen-bond donors (Lipinski definition) is 2. The van der Waals surface area contributed by atoms with Crippen molar-refractivity contribution in [2.45, 2.75) is 39.3 Å². The van der Waals surface area contributed by atoms with E-state index in [4.69, 9.17) is 5.11 Å². The summed E-state index contributed by atoms with van der Waals surface area (Å²) in [5.41, 5.74) is 1.80. The Hall–Kier alpha value is -4.00. The first kappa shape index (κ1) is 20.3. The van der Waals surface area contributed by atoms with Gasteiger partial charge in [0.15, 0.2) is 11.5 Å². The molecular formula is C21H20FN7O2. The molecule has 9 nitrogen and oxygen atoms in total. The van der Waals surface area contributed by atoms with Crippen LogP contribution < -0.4 is 10.2 Å². The van der Waals surface area contributed by atoms with Crippen LogP contribution in [-0.4, -0.2) is 36.6 Å². The Labute approximate surface area is 177 Å². The molecule has 1 aliphatic rings. The van der Waals surface area contributed by atoms with Crippen molar-refractivity contribution in [3.63, 3.8) is 0 Å². The summed E-state index contributed by atoms with van der Waals surface area (Å²) in [6, 6.07) is 5.88. The SMILES string of the molecule is CC[C@@H]1c2c(C#N)ncn2-c2cnc(Nc3ccc(C(=O)O)c(F)c3)nc2N1C(C)C. The number of fused-ring (bicyclic) bond motifs is 3. The molecule has 0 bridgehead atoms. The average molecular weight is 421 g/mol. The Kier molecular flexibility index (Phi) is 5.02. The lowest BCUT2D eigenvalue weighted by atomic mass is 10.0. The zero-order chi connectivity index (χ0) is 22.3. The minimum Gasteiger partial charge on any atom is -0.478 e. The van der Waals surface area contributed by atoms with E-state index in [2.05, 4.69) is 31.2 Å². The highest BCUT2D eigenvalue weighted by Gasteiger charge is 2.36. The lowest BCUT2D eigenvalue weighted by Crippen LogP contribution is -2.40. The van der Waals surface area contributed by atoms with Gasteiger partial charge in [-0.3, -0.25) is 4.57 Å². The highest BCUT2D eigenvalue weighted by atomic mass is 19.1. The van der Waals surface area contributed by atoms with Crippen molar-refractivity contribution < 1.29 is 14.3 Å². The van der Waals surface area contributed by atoms with Crippen molar-refractivity contribution in [2.24, 2.45) is 0 Å². The molecule has 1 aliphatic heterocycles. The fraction of sp³-hybridized carbons (Fsp3) is 0.286. The van der Waals surface area contributed by atoms with Crippen LogP contribution in [0.3, 0.4) is 0 Å². The number of hydrogen-bond acceptors (Lipinski definition) is 7. The molecule has 0 unspecified atom stereocenters. The fourth-order valence-corrected chi connectivity index (χ4v) is 3.91. The van der Waals surface area contributed by atoms with Crippen LogP contribution in [0.5, 0.6) is 0 Å². The number of aromatic carboxylic acids is 1. The number of carbonyl (C=O) groups is 1. The quantitative estimate of drug-likeness (QED) is 0.638. The van der Waals surface area contributed by atoms with Crippen LogP contribution in [0.2, 0.25) is 0 Å². The van der Waals surface area contributed by atoms with E-state index < -0.39 is 17.3 Å². The number of aromatic nitrogens is 4. The normalized spacial score (nSPS) is 14.7. The van der Waals surface area contributed by atoms with Gasteiger partial charge >= 0.3 is 5.97 Å². The number of nitriles is 1. The van der Waals surface area contributed by atoms with E-state index in [1.807, 2.05) is 25.3 Å². The third-order valence-corrected chi connectivity index (χ3v) is 5.21. The number of halogens is 1. The minimum absolute atomic E-state index is 0.0777. The van der Waals surface area contributed by atoms with Gasteiger partial charge in [-0.05, 0) is 38.5 Å². The summed E-state index contributed by atoms with van der Waals surface area (Å²) < 4.78 is 15.9. The monoisotopic (exact) mass is 421 g/mol. The molecular weight excluding hydrogens is 401 g/mol. The zero-order valence-corrected chi connectivity index (χ0v) is 17.2. The second-order valence-corrected chi connectivity index (χ2v) is 7.41. The Morgan fingerprint density at radius 2 is 2.16 bits per heavy atom. The number of rotatable bonds is 5. The number of anilines is 3. The number of nitrogens with one attached hydrogen (secondary N) is 1. The number of nitrogens with zero attached hydrogens (tertiary/aromatic N) is 6. The summed E-state index contributed by atoms with van der Waals surface area (Å²) in [6.45, 7) is 6.12. The molecule has 2 aromatic heterocycles. The predicted octanol–water partition coefficient (Wildman–Crippen LogP) is 3.79. The summed E-state index contributed by atoms with van der Waals surface area (Å²) in [7, 11) is 0. The second-order valence-electron chi connectivity index (χ2n) is 7.41. The second kappa shape index (κ2) is 7.68. The van der Waals surface area contributed by atoms with Crippen molar-refractivity contribution in [2.75, 3.05) is 10.2 Å². The van der Waals surface area contributed by atoms with Gasteiger partial charge in [0.2, 0.25) is 5.95 Å². The molecule has 0 aliphatic carbocycles. The molecule has 31 heavy (non-hydrogen) atoms. The molecule has 10 heteroatoms. The molecule has 0 radical (unpaired) electrons. The van der Waals surface area contributed by atoms with E-state index in [9.17, 15) is 14.4 Å². The molecule has 0 amide bonds. The van der Waals surface area contributed by atoms with Gasteiger partial charge in [-0.2, -0.15) is 10.2 Å². The molecule has 0 spiro atoms. The van der Waals surface area contributed by atoms with Crippen molar-refractivity contribution >= 4 is 23.4 Å². The molecule has 3 aromatic rings. The smallest absolute Gasteiger partial charge is 0.338 e. The largest absolute Gasteiger partial charge is 0.478 e. The van der Waals surface area contributed by atoms with E-state index in [1.165, 1.54) is 12.1 Å². The van der Waals surface area contributed by atoms with Crippen molar-refractivity contribution in [3.05, 3.63) is 53.5 Å². The first-order chi connectivity index (χ1) is 14.8. The predicted molar refractivity (Wildman–Crippen MR) is 111 cm³/mol. The van der Waals surface area contributed by atoms with Gasteiger partial charge in [-0.25, -0.2) is 19.2 Å². The summed E-state index contributed by atoms with van der Waals surface area (Å²) in [5, 5.41) is 21.4. The maximum atomic E-state index is 14.0. The summed E-state index contributed by atoms with van der Waals surface area (Å²) in [6.07, 6.45) is 3.97. The molecule has 0 saturated heterocycles. The van der Waals surface area contributed by atoms with Crippen molar-refractivity contribution in [1.82, 2.24) is 19.5 Å². The third-order valence-electron chi connectivity index (χ3n) is 5.21. The number of carboxylic acids is 1. The molecule has 3 heterocycles. The molecule has 158 valence electrons. The van der Waals surface area contributed by atoms with E-state index >= 15 is 0 Å². The molecule has 4 rings (SSSR count). The molecule has 1 aromatic carbocycles. The van der Waals surface area contributed by atoms with Gasteiger partial charge < -0.3 is 15.3 Å². The molecule has 0 fully saturated rings. The van der Waals surface area contributed by atoms with Gasteiger partial charge in [0.05, 0.1) is 23.5 Å². The zero-order valence-electron chi connectivity index (χ0n) is 17.2. The highest BCUT2D eigenvalue weighted by molar-refractivity contribution is 5.88. The summed E-state index contributed by atoms with van der Waals surface area (Å²) >= 11 is 0. The van der Waals surface area contributed by atoms with Gasteiger partial charge in [-0.15, -0.1) is 0 Å². The van der Waals surface area contributed by atoms with Crippen LogP contribution >= 0.6 is 0 Å². The van der Waals surface area contributed by atoms with Crippen LogP contribution in [-0.2, 0) is 0 Å². The molecule has 0 saturated carbocycles. The van der Waals surface area contributed by atoms with Crippen molar-refractivity contribution in [1.29, 1.82) is 5.26 Å². The van der Waals surface area contributed by atoms with Gasteiger partial charge in [0.1, 0.15) is 23.9 Å². The summed E-state index contributed by atoms with van der Waals surface area (Å²) in [4.78, 5) is 26.4. The van der Waals surface area contributed by atoms with Gasteiger partial charge in [0.25, 0.3) is 0 Å². The Morgan fingerprint density at radius 1 is 1.39 bits per heavy atom. The van der Waals surface area contributed by atoms with Crippen LogP contribution in [0.15, 0.2) is 30.7 Å². The van der Waals surface area contributed by atoms with Gasteiger partial charge in [0, 0.05) is 11.7 Å². The van der Waals surface area contributed by atoms with E-state index in [0.717, 1.165) is 18.2 Å². The Morgan fingerprint density at radius 3 is 2.77 bits per heavy atom. The number of carboxylic acid groups (broad SMARTS) is 1. The number of benzene rings is 1. The van der Waals surface area contributed by atoms with E-state index in [0.29, 0.717) is 22.9 Å². The minimum atomic E-state index is -1.33. The first-order valence-electron chi connectivity index (χ1n) is 9.78. The van der Waals surface area contributed by atoms with Crippen molar-refractivity contribution in [3.8, 4) is 11.8 Å². The lowest BCUT2D eigenvalue weighted by molar-refractivity contribution is 0.0692. The van der Waals surface area contributed by atoms with E-state index in [-0.39, 0.29) is 18.0 Å². The van der Waals surface area contributed by atoms with Crippen LogP contribution in [0.4, 0.5) is 21.8 Å². The Balaban J connectivity index is 1.78. The summed E-state index contributed by atoms with van der Waals surface area (Å²) in [5.74, 6) is -1.28. The maximum absolute atomic E-state index is 14.0. The van der Waals surface area contributed by atoms with E-state index in [1.54, 1.807) is 12.5 Å². The fourth-order valence-electron chi connectivity index (χ4n) is 3.91. The topological polar surface area (TPSA) is 120 Å². The first-order valence-corrected chi connectivity index (χ1v) is 9.78. The number of imidazole rings is 1. The Bertz CT molecular complexity index is 1210. The average Bonchev–Trinajstić information content (AvgIpc) is 3.16. The molecule has 2 N–H and O–H groups in total. The van der Waals surface area contributed by atoms with Crippen LogP contribution in [0.25, 0.3) is 5.69 Å². The third kappa shape index (κ3) is 3.34. The van der Waals surface area contributed by atoms with Crippen LogP contribution in [0.1, 0.15) is 55.0 Å². The van der Waals surface area contributed by atoms with Crippen LogP contribution in [0, 0.1) is 17.1 Å². The maximum Gasteiger partial charge on any atom is 0.338 e. The standard InChI is InChI=1S/C21H20FN7O2/c1-4-16-18-15(8-23)25-10-28(18)17-9-24-21(27-19(17)29(16)11(2)3)26-12-5-6-13(20(30)31)14(22)7-12/h5-7,9-11,16H,4H2,1-3H3,(H,30,31)(H,24,26,27)/t16-/m1/s1. The van der Waals surface area contributed by atoms with Gasteiger partial charge in [-0.1, -0.05) is 6.92 Å². The highest BCUT2D eigenvalue weighted by Crippen LogP contribution is 2.41.